The van der Waals surface area contributed by atoms with Crippen LogP contribution in [0.3, 0.4) is 0 Å². The molecule has 0 aliphatic rings. The van der Waals surface area contributed by atoms with Crippen molar-refractivity contribution in [3.05, 3.63) is 30.6 Å². The highest BCUT2D eigenvalue weighted by atomic mass is 15.1. The maximum absolute atomic E-state index is 5.79. The number of nitrogens with two attached hydrogens (primary N) is 1. The van der Waals surface area contributed by atoms with E-state index in [1.807, 2.05) is 24.5 Å². The zero-order valence-electron chi connectivity index (χ0n) is 9.06. The van der Waals surface area contributed by atoms with Gasteiger partial charge in [0, 0.05) is 12.6 Å². The predicted octanol–water partition coefficient (Wildman–Crippen LogP) is 2.34. The molecule has 2 N–H and O–H groups in total. The van der Waals surface area contributed by atoms with Crippen molar-refractivity contribution in [1.82, 2.24) is 9.55 Å². The molecule has 0 amide bonds. The first-order valence-corrected chi connectivity index (χ1v) is 5.48. The molecule has 0 bridgehead atoms. The highest BCUT2D eigenvalue weighted by Gasteiger charge is 2.10. The van der Waals surface area contributed by atoms with Crippen LogP contribution in [0.1, 0.15) is 25.8 Å². The Morgan fingerprint density at radius 3 is 2.93 bits per heavy atom. The third-order valence-corrected chi connectivity index (χ3v) is 2.77. The van der Waals surface area contributed by atoms with Crippen LogP contribution in [-0.4, -0.2) is 16.1 Å². The third-order valence-electron chi connectivity index (χ3n) is 2.77. The number of nitrogens with zero attached hydrogens (tertiary/aromatic N) is 2. The SMILES string of the molecule is CCCC(CN)n1cnc2ccccc21. The molecule has 0 radical (unpaired) electrons. The number of para-hydroxylation sites is 2. The van der Waals surface area contributed by atoms with Gasteiger partial charge < -0.3 is 10.3 Å². The van der Waals surface area contributed by atoms with Gasteiger partial charge in [-0.2, -0.15) is 0 Å². The Morgan fingerprint density at radius 1 is 1.40 bits per heavy atom. The van der Waals surface area contributed by atoms with Gasteiger partial charge in [-0.3, -0.25) is 0 Å². The van der Waals surface area contributed by atoms with Gasteiger partial charge in [0.25, 0.3) is 0 Å². The van der Waals surface area contributed by atoms with Crippen molar-refractivity contribution in [1.29, 1.82) is 0 Å². The smallest absolute Gasteiger partial charge is 0.0961 e. The molecule has 0 saturated heterocycles. The Bertz CT molecular complexity index is 433. The minimum absolute atomic E-state index is 0.377. The maximum Gasteiger partial charge on any atom is 0.0961 e. The largest absolute Gasteiger partial charge is 0.328 e. The summed E-state index contributed by atoms with van der Waals surface area (Å²) in [6.45, 7) is 2.86. The van der Waals surface area contributed by atoms with Crippen LogP contribution in [0, 0.1) is 0 Å². The molecule has 0 fully saturated rings. The van der Waals surface area contributed by atoms with Crippen molar-refractivity contribution in [3.8, 4) is 0 Å². The fourth-order valence-electron chi connectivity index (χ4n) is 1.97. The van der Waals surface area contributed by atoms with Gasteiger partial charge in [-0.05, 0) is 18.6 Å². The topological polar surface area (TPSA) is 43.8 Å². The van der Waals surface area contributed by atoms with Gasteiger partial charge in [0.15, 0.2) is 0 Å². The number of rotatable bonds is 4. The number of benzene rings is 1. The summed E-state index contributed by atoms with van der Waals surface area (Å²) in [6.07, 6.45) is 4.16. The summed E-state index contributed by atoms with van der Waals surface area (Å²) in [5, 5.41) is 0. The van der Waals surface area contributed by atoms with Crippen LogP contribution < -0.4 is 5.73 Å². The molecular formula is C12H17N3. The van der Waals surface area contributed by atoms with Gasteiger partial charge in [0.05, 0.1) is 17.4 Å². The van der Waals surface area contributed by atoms with Gasteiger partial charge in [0.1, 0.15) is 0 Å². The van der Waals surface area contributed by atoms with E-state index in [9.17, 15) is 0 Å². The van der Waals surface area contributed by atoms with Gasteiger partial charge in [-0.1, -0.05) is 25.5 Å². The number of aromatic nitrogens is 2. The molecule has 80 valence electrons. The van der Waals surface area contributed by atoms with Crippen LogP contribution in [0.4, 0.5) is 0 Å². The quantitative estimate of drug-likeness (QED) is 0.828. The highest BCUT2D eigenvalue weighted by molar-refractivity contribution is 5.75. The lowest BCUT2D eigenvalue weighted by Gasteiger charge is -2.16. The number of hydrogen-bond donors (Lipinski definition) is 1. The van der Waals surface area contributed by atoms with E-state index < -0.39 is 0 Å². The minimum Gasteiger partial charge on any atom is -0.328 e. The summed E-state index contributed by atoms with van der Waals surface area (Å²) in [7, 11) is 0. The fraction of sp³-hybridized carbons (Fsp3) is 0.417. The van der Waals surface area contributed by atoms with Crippen molar-refractivity contribution in [2.45, 2.75) is 25.8 Å². The van der Waals surface area contributed by atoms with Crippen molar-refractivity contribution in [2.24, 2.45) is 5.73 Å². The van der Waals surface area contributed by atoms with Crippen molar-refractivity contribution >= 4 is 11.0 Å². The van der Waals surface area contributed by atoms with Crippen LogP contribution >= 0.6 is 0 Å². The first kappa shape index (κ1) is 10.2. The Labute approximate surface area is 89.9 Å². The summed E-state index contributed by atoms with van der Waals surface area (Å²) in [6, 6.07) is 8.56. The standard InChI is InChI=1S/C12H17N3/c1-2-5-10(8-13)15-9-14-11-6-3-4-7-12(11)15/h3-4,6-7,9-10H,2,5,8,13H2,1H3. The second-order valence-electron chi connectivity index (χ2n) is 3.82. The van der Waals surface area contributed by atoms with E-state index in [1.54, 1.807) is 0 Å². The lowest BCUT2D eigenvalue weighted by atomic mass is 10.1. The van der Waals surface area contributed by atoms with E-state index in [4.69, 9.17) is 5.73 Å². The Morgan fingerprint density at radius 2 is 2.20 bits per heavy atom. The molecule has 1 heterocycles. The Hall–Kier alpha value is -1.35. The summed E-state index contributed by atoms with van der Waals surface area (Å²) in [5.41, 5.74) is 8.02. The van der Waals surface area contributed by atoms with E-state index >= 15 is 0 Å². The number of imidazole rings is 1. The molecule has 1 aromatic carbocycles. The first-order valence-electron chi connectivity index (χ1n) is 5.48. The summed E-state index contributed by atoms with van der Waals surface area (Å²) >= 11 is 0. The molecule has 0 aliphatic heterocycles. The molecule has 1 aromatic heterocycles. The van der Waals surface area contributed by atoms with Crippen LogP contribution in [0.25, 0.3) is 11.0 Å². The second kappa shape index (κ2) is 4.45. The highest BCUT2D eigenvalue weighted by Crippen LogP contribution is 2.19. The number of fused-ring (bicyclic) bond motifs is 1. The zero-order chi connectivity index (χ0) is 10.7. The molecule has 2 rings (SSSR count). The van der Waals surface area contributed by atoms with E-state index in [2.05, 4.69) is 22.5 Å². The average Bonchev–Trinajstić information content (AvgIpc) is 2.70. The normalized spacial score (nSPS) is 13.2. The summed E-state index contributed by atoms with van der Waals surface area (Å²) < 4.78 is 2.19. The molecule has 15 heavy (non-hydrogen) atoms. The monoisotopic (exact) mass is 203 g/mol. The van der Waals surface area contributed by atoms with Crippen molar-refractivity contribution in [2.75, 3.05) is 6.54 Å². The average molecular weight is 203 g/mol. The van der Waals surface area contributed by atoms with E-state index in [0.717, 1.165) is 18.4 Å². The van der Waals surface area contributed by atoms with Crippen molar-refractivity contribution in [3.63, 3.8) is 0 Å². The van der Waals surface area contributed by atoms with Crippen LogP contribution in [-0.2, 0) is 0 Å². The fourth-order valence-corrected chi connectivity index (χ4v) is 1.97. The Kier molecular flexibility index (Phi) is 3.02. The first-order chi connectivity index (χ1) is 7.36. The third kappa shape index (κ3) is 1.88. The lowest BCUT2D eigenvalue weighted by Crippen LogP contribution is -2.18. The van der Waals surface area contributed by atoms with E-state index in [0.29, 0.717) is 12.6 Å². The van der Waals surface area contributed by atoms with Crippen LogP contribution in [0.2, 0.25) is 0 Å². The van der Waals surface area contributed by atoms with E-state index in [1.165, 1.54) is 5.52 Å². The molecule has 1 atom stereocenters. The molecular weight excluding hydrogens is 186 g/mol. The molecule has 3 heteroatoms. The van der Waals surface area contributed by atoms with Gasteiger partial charge in [-0.15, -0.1) is 0 Å². The molecule has 0 saturated carbocycles. The molecule has 2 aromatic rings. The molecule has 0 spiro atoms. The minimum atomic E-state index is 0.377. The second-order valence-corrected chi connectivity index (χ2v) is 3.82. The van der Waals surface area contributed by atoms with Crippen molar-refractivity contribution < 1.29 is 0 Å². The summed E-state index contributed by atoms with van der Waals surface area (Å²) in [4.78, 5) is 4.38. The molecule has 0 aliphatic carbocycles. The Balaban J connectivity index is 2.41. The van der Waals surface area contributed by atoms with Gasteiger partial charge >= 0.3 is 0 Å². The lowest BCUT2D eigenvalue weighted by molar-refractivity contribution is 0.481. The van der Waals surface area contributed by atoms with Crippen LogP contribution in [0.5, 0.6) is 0 Å². The number of hydrogen-bond acceptors (Lipinski definition) is 2. The maximum atomic E-state index is 5.79. The van der Waals surface area contributed by atoms with E-state index in [-0.39, 0.29) is 0 Å². The zero-order valence-corrected chi connectivity index (χ0v) is 9.06. The summed E-state index contributed by atoms with van der Waals surface area (Å²) in [5.74, 6) is 0. The van der Waals surface area contributed by atoms with Gasteiger partial charge in [0.2, 0.25) is 0 Å². The van der Waals surface area contributed by atoms with Crippen LogP contribution in [0.15, 0.2) is 30.6 Å². The molecule has 3 nitrogen and oxygen atoms in total. The predicted molar refractivity (Wildman–Crippen MR) is 62.7 cm³/mol. The van der Waals surface area contributed by atoms with Gasteiger partial charge in [-0.25, -0.2) is 4.98 Å². The molecule has 1 unspecified atom stereocenters.